The Hall–Kier alpha value is -7.42. The molecule has 60 heavy (non-hydrogen) atoms. The van der Waals surface area contributed by atoms with Crippen molar-refractivity contribution >= 4 is 17.1 Å². The van der Waals surface area contributed by atoms with Crippen LogP contribution in [-0.4, -0.2) is 0 Å². The molecule has 3 aliphatic rings. The summed E-state index contributed by atoms with van der Waals surface area (Å²) in [5, 5.41) is 0. The lowest BCUT2D eigenvalue weighted by Crippen LogP contribution is -2.32. The molecule has 2 aliphatic carbocycles. The van der Waals surface area contributed by atoms with E-state index < -0.39 is 5.41 Å². The van der Waals surface area contributed by atoms with Crippen LogP contribution >= 0.6 is 0 Å². The third-order valence-electron chi connectivity index (χ3n) is 13.4. The maximum atomic E-state index is 6.66. The summed E-state index contributed by atoms with van der Waals surface area (Å²) >= 11 is 0. The van der Waals surface area contributed by atoms with Gasteiger partial charge in [-0.1, -0.05) is 184 Å². The van der Waals surface area contributed by atoms with Crippen molar-refractivity contribution in [3.63, 3.8) is 0 Å². The van der Waals surface area contributed by atoms with Crippen molar-refractivity contribution < 1.29 is 4.74 Å². The van der Waals surface area contributed by atoms with Gasteiger partial charge in [-0.05, 0) is 98.1 Å². The maximum absolute atomic E-state index is 6.66. The lowest BCUT2D eigenvalue weighted by molar-refractivity contribution is 0.436. The Morgan fingerprint density at radius 1 is 0.350 bits per heavy atom. The van der Waals surface area contributed by atoms with Crippen molar-refractivity contribution in [1.29, 1.82) is 0 Å². The van der Waals surface area contributed by atoms with Crippen molar-refractivity contribution in [1.82, 2.24) is 0 Å². The van der Waals surface area contributed by atoms with Gasteiger partial charge >= 0.3 is 0 Å². The van der Waals surface area contributed by atoms with E-state index in [0.29, 0.717) is 0 Å². The van der Waals surface area contributed by atoms with E-state index in [2.05, 4.69) is 231 Å². The largest absolute Gasteiger partial charge is 0.457 e. The lowest BCUT2D eigenvalue weighted by atomic mass is 9.66. The summed E-state index contributed by atoms with van der Waals surface area (Å²) in [4.78, 5) is 2.49. The maximum Gasteiger partial charge on any atom is 0.132 e. The number of benzene rings is 9. The molecule has 9 aromatic carbocycles. The zero-order valence-electron chi connectivity index (χ0n) is 33.6. The van der Waals surface area contributed by atoms with Gasteiger partial charge in [0.05, 0.1) is 16.8 Å². The van der Waals surface area contributed by atoms with E-state index in [9.17, 15) is 0 Å². The van der Waals surface area contributed by atoms with E-state index in [-0.39, 0.29) is 5.41 Å². The number of rotatable bonds is 5. The van der Waals surface area contributed by atoms with Crippen LogP contribution in [0.5, 0.6) is 11.5 Å². The molecule has 1 aliphatic heterocycles. The molecule has 1 spiro atoms. The van der Waals surface area contributed by atoms with E-state index in [4.69, 9.17) is 4.74 Å². The molecule has 0 unspecified atom stereocenters. The predicted molar refractivity (Wildman–Crippen MR) is 247 cm³/mol. The Labute approximate surface area is 351 Å². The topological polar surface area (TPSA) is 12.5 Å². The van der Waals surface area contributed by atoms with Crippen LogP contribution in [0.2, 0.25) is 0 Å². The SMILES string of the molecule is CC1(C)c2ccccc2-c2ccc(-c3ccc(N(c4ccccc4-c4ccccc4)c4cccc5c4-c4ccccc4C54c5ccccc5Oc5ccccc54)cc3)cc21. The number of nitrogens with zero attached hydrogens (tertiary/aromatic N) is 1. The molecule has 0 saturated heterocycles. The molecular weight excluding hydrogens is 727 g/mol. The van der Waals surface area contributed by atoms with Crippen LogP contribution in [0.1, 0.15) is 47.2 Å². The molecule has 0 N–H and O–H groups in total. The molecule has 2 heteroatoms. The third kappa shape index (κ3) is 4.82. The van der Waals surface area contributed by atoms with Crippen molar-refractivity contribution in [2.45, 2.75) is 24.7 Å². The van der Waals surface area contributed by atoms with Gasteiger partial charge in [0.15, 0.2) is 0 Å². The summed E-state index contributed by atoms with van der Waals surface area (Å²) < 4.78 is 6.66. The second kappa shape index (κ2) is 13.0. The number of anilines is 3. The van der Waals surface area contributed by atoms with Crippen LogP contribution < -0.4 is 9.64 Å². The fraction of sp³-hybridized carbons (Fsp3) is 0.0690. The third-order valence-corrected chi connectivity index (χ3v) is 13.4. The van der Waals surface area contributed by atoms with Gasteiger partial charge < -0.3 is 9.64 Å². The second-order valence-corrected chi connectivity index (χ2v) is 16.8. The van der Waals surface area contributed by atoms with Gasteiger partial charge in [0.2, 0.25) is 0 Å². The van der Waals surface area contributed by atoms with E-state index >= 15 is 0 Å². The molecule has 9 aromatic rings. The summed E-state index contributed by atoms with van der Waals surface area (Å²) in [5.74, 6) is 1.79. The Balaban J connectivity index is 1.08. The molecule has 12 rings (SSSR count). The Morgan fingerprint density at radius 2 is 0.883 bits per heavy atom. The zero-order valence-corrected chi connectivity index (χ0v) is 33.6. The minimum absolute atomic E-state index is 0.0628. The van der Waals surface area contributed by atoms with Crippen LogP contribution in [0.4, 0.5) is 17.1 Å². The first kappa shape index (κ1) is 34.6. The van der Waals surface area contributed by atoms with Gasteiger partial charge in [0.25, 0.3) is 0 Å². The highest BCUT2D eigenvalue weighted by atomic mass is 16.5. The van der Waals surface area contributed by atoms with Gasteiger partial charge in [-0.2, -0.15) is 0 Å². The number of hydrogen-bond acceptors (Lipinski definition) is 2. The Bertz CT molecular complexity index is 3110. The van der Waals surface area contributed by atoms with Crippen LogP contribution in [0.3, 0.4) is 0 Å². The van der Waals surface area contributed by atoms with Crippen LogP contribution in [0.15, 0.2) is 212 Å². The first-order valence-corrected chi connectivity index (χ1v) is 20.9. The summed E-state index contributed by atoms with van der Waals surface area (Å²) in [6.07, 6.45) is 0. The smallest absolute Gasteiger partial charge is 0.132 e. The second-order valence-electron chi connectivity index (χ2n) is 16.8. The van der Waals surface area contributed by atoms with E-state index in [0.717, 1.165) is 39.7 Å². The normalized spacial score (nSPS) is 14.2. The summed E-state index contributed by atoms with van der Waals surface area (Å²) in [6.45, 7) is 4.70. The van der Waals surface area contributed by atoms with E-state index in [1.807, 2.05) is 0 Å². The van der Waals surface area contributed by atoms with E-state index in [1.165, 1.54) is 66.8 Å². The van der Waals surface area contributed by atoms with Crippen molar-refractivity contribution in [2.75, 3.05) is 4.90 Å². The highest BCUT2D eigenvalue weighted by Crippen LogP contribution is 2.64. The Kier molecular flexibility index (Phi) is 7.52. The minimum Gasteiger partial charge on any atom is -0.457 e. The molecule has 0 atom stereocenters. The van der Waals surface area contributed by atoms with Gasteiger partial charge in [0, 0.05) is 33.4 Å². The first-order valence-electron chi connectivity index (χ1n) is 20.9. The monoisotopic (exact) mass is 767 g/mol. The van der Waals surface area contributed by atoms with Gasteiger partial charge in [0.1, 0.15) is 11.5 Å². The molecule has 0 amide bonds. The lowest BCUT2D eigenvalue weighted by Gasteiger charge is -2.39. The van der Waals surface area contributed by atoms with Gasteiger partial charge in [-0.15, -0.1) is 0 Å². The molecule has 0 fully saturated rings. The summed E-state index contributed by atoms with van der Waals surface area (Å²) in [5.41, 5.74) is 20.2. The quantitative estimate of drug-likeness (QED) is 0.173. The first-order chi connectivity index (χ1) is 29.5. The molecular formula is C58H41NO. The molecule has 0 aromatic heterocycles. The fourth-order valence-electron chi connectivity index (χ4n) is 10.7. The van der Waals surface area contributed by atoms with Crippen LogP contribution in [0, 0.1) is 0 Å². The van der Waals surface area contributed by atoms with E-state index in [1.54, 1.807) is 0 Å². The number of hydrogen-bond donors (Lipinski definition) is 0. The fourth-order valence-corrected chi connectivity index (χ4v) is 10.7. The standard InChI is InChI=1S/C58H41NO/c1-57(2)46-22-9-6-20-43(46)44-36-33-40(37-51(44)57)38-31-34-41(35-32-38)59(52-27-13-8-19-42(52)39-17-4-3-5-18-39)53-28-16-26-50-56(53)45-21-7-10-23-47(45)58(50)48-24-11-14-29-54(48)60-55-30-15-12-25-49(55)58/h3-37H,1-2H3. The molecule has 0 radical (unpaired) electrons. The van der Waals surface area contributed by atoms with Crippen molar-refractivity contribution in [3.05, 3.63) is 246 Å². The van der Waals surface area contributed by atoms with Crippen molar-refractivity contribution in [3.8, 4) is 56.0 Å². The molecule has 1 heterocycles. The van der Waals surface area contributed by atoms with Crippen LogP contribution in [-0.2, 0) is 10.8 Å². The van der Waals surface area contributed by atoms with Gasteiger partial charge in [-0.3, -0.25) is 0 Å². The Morgan fingerprint density at radius 3 is 1.62 bits per heavy atom. The van der Waals surface area contributed by atoms with Crippen LogP contribution in [0.25, 0.3) is 44.5 Å². The number of ether oxygens (including phenoxy) is 1. The summed E-state index contributed by atoms with van der Waals surface area (Å²) in [7, 11) is 0. The van der Waals surface area contributed by atoms with Gasteiger partial charge in [-0.25, -0.2) is 0 Å². The highest BCUT2D eigenvalue weighted by molar-refractivity contribution is 6.00. The molecule has 2 nitrogen and oxygen atoms in total. The summed E-state index contributed by atoms with van der Waals surface area (Å²) in [6, 6.07) is 77.8. The highest BCUT2D eigenvalue weighted by Gasteiger charge is 2.52. The number of para-hydroxylation sites is 3. The molecule has 284 valence electrons. The van der Waals surface area contributed by atoms with Crippen molar-refractivity contribution in [2.24, 2.45) is 0 Å². The average molecular weight is 768 g/mol. The zero-order chi connectivity index (χ0) is 40.0. The predicted octanol–water partition coefficient (Wildman–Crippen LogP) is 15.3. The minimum atomic E-state index is -0.567. The molecule has 0 saturated carbocycles. The average Bonchev–Trinajstić information content (AvgIpc) is 3.73. The number of fused-ring (bicyclic) bond motifs is 12. The molecule has 0 bridgehead atoms.